The normalized spacial score (nSPS) is 27.2. The summed E-state index contributed by atoms with van der Waals surface area (Å²) in [5, 5.41) is 0. The standard InChI is InChI=1S/C15H30/c1-4-8-14-10-5-6-11-15(14)12-7-9-13(2)3/h13-15H,4-12H2,1-3H3. The largest absolute Gasteiger partial charge is 0.0654 e. The predicted octanol–water partition coefficient (Wildman–Crippen LogP) is 5.42. The van der Waals surface area contributed by atoms with E-state index in [2.05, 4.69) is 20.8 Å². The van der Waals surface area contributed by atoms with Gasteiger partial charge in [0.2, 0.25) is 0 Å². The smallest absolute Gasteiger partial charge is 0.0386 e. The van der Waals surface area contributed by atoms with E-state index in [0.29, 0.717) is 0 Å². The molecule has 0 spiro atoms. The molecule has 0 heterocycles. The molecule has 0 N–H and O–H groups in total. The molecule has 1 saturated carbocycles. The topological polar surface area (TPSA) is 0 Å². The van der Waals surface area contributed by atoms with E-state index in [1.807, 2.05) is 0 Å². The average Bonchev–Trinajstić information content (AvgIpc) is 2.20. The highest BCUT2D eigenvalue weighted by Gasteiger charge is 2.23. The van der Waals surface area contributed by atoms with Gasteiger partial charge in [-0.25, -0.2) is 0 Å². The van der Waals surface area contributed by atoms with Crippen molar-refractivity contribution in [2.75, 3.05) is 0 Å². The highest BCUT2D eigenvalue weighted by atomic mass is 14.3. The van der Waals surface area contributed by atoms with Gasteiger partial charge in [-0.1, -0.05) is 78.6 Å². The lowest BCUT2D eigenvalue weighted by molar-refractivity contribution is 0.204. The van der Waals surface area contributed by atoms with Crippen LogP contribution in [0.25, 0.3) is 0 Å². The van der Waals surface area contributed by atoms with Crippen LogP contribution in [0.15, 0.2) is 0 Å². The molecule has 0 heteroatoms. The highest BCUT2D eigenvalue weighted by molar-refractivity contribution is 4.75. The maximum atomic E-state index is 2.35. The van der Waals surface area contributed by atoms with Crippen LogP contribution >= 0.6 is 0 Å². The van der Waals surface area contributed by atoms with E-state index >= 15 is 0 Å². The molecule has 1 rings (SSSR count). The van der Waals surface area contributed by atoms with Crippen molar-refractivity contribution >= 4 is 0 Å². The zero-order valence-electron chi connectivity index (χ0n) is 11.1. The van der Waals surface area contributed by atoms with Gasteiger partial charge >= 0.3 is 0 Å². The van der Waals surface area contributed by atoms with Crippen molar-refractivity contribution in [3.05, 3.63) is 0 Å². The van der Waals surface area contributed by atoms with Gasteiger partial charge in [-0.15, -0.1) is 0 Å². The first-order valence-corrected chi connectivity index (χ1v) is 7.24. The lowest BCUT2D eigenvalue weighted by atomic mass is 9.74. The van der Waals surface area contributed by atoms with Crippen molar-refractivity contribution in [3.63, 3.8) is 0 Å². The van der Waals surface area contributed by atoms with Gasteiger partial charge in [0.25, 0.3) is 0 Å². The average molecular weight is 210 g/mol. The number of hydrogen-bond acceptors (Lipinski definition) is 0. The van der Waals surface area contributed by atoms with Crippen LogP contribution in [0.5, 0.6) is 0 Å². The first kappa shape index (κ1) is 13.1. The Morgan fingerprint density at radius 2 is 1.60 bits per heavy atom. The Morgan fingerprint density at radius 1 is 1.00 bits per heavy atom. The molecule has 15 heavy (non-hydrogen) atoms. The third-order valence-corrected chi connectivity index (χ3v) is 4.08. The number of hydrogen-bond donors (Lipinski definition) is 0. The second-order valence-electron chi connectivity index (χ2n) is 5.92. The maximum Gasteiger partial charge on any atom is -0.0386 e. The van der Waals surface area contributed by atoms with Crippen molar-refractivity contribution in [2.24, 2.45) is 17.8 Å². The van der Waals surface area contributed by atoms with Crippen LogP contribution in [0.3, 0.4) is 0 Å². The molecular formula is C15H30. The van der Waals surface area contributed by atoms with Crippen LogP contribution in [-0.2, 0) is 0 Å². The summed E-state index contributed by atoms with van der Waals surface area (Å²) in [5.41, 5.74) is 0. The van der Waals surface area contributed by atoms with Crippen molar-refractivity contribution in [1.82, 2.24) is 0 Å². The molecule has 1 fully saturated rings. The van der Waals surface area contributed by atoms with Crippen LogP contribution in [0, 0.1) is 17.8 Å². The summed E-state index contributed by atoms with van der Waals surface area (Å²) in [7, 11) is 0. The minimum Gasteiger partial charge on any atom is -0.0654 e. The molecule has 0 nitrogen and oxygen atoms in total. The zero-order valence-corrected chi connectivity index (χ0v) is 11.1. The summed E-state index contributed by atoms with van der Waals surface area (Å²) < 4.78 is 0. The SMILES string of the molecule is CCCC1CCCCC1CCCC(C)C. The molecule has 2 unspecified atom stereocenters. The highest BCUT2D eigenvalue weighted by Crippen LogP contribution is 2.36. The Kier molecular flexibility index (Phi) is 6.36. The molecule has 0 aromatic carbocycles. The molecule has 2 atom stereocenters. The molecule has 1 aliphatic carbocycles. The van der Waals surface area contributed by atoms with Crippen LogP contribution in [0.1, 0.15) is 78.6 Å². The zero-order chi connectivity index (χ0) is 11.1. The predicted molar refractivity (Wildman–Crippen MR) is 69.0 cm³/mol. The van der Waals surface area contributed by atoms with Crippen LogP contribution in [0.4, 0.5) is 0 Å². The summed E-state index contributed by atoms with van der Waals surface area (Å²) >= 11 is 0. The van der Waals surface area contributed by atoms with E-state index in [1.54, 1.807) is 0 Å². The van der Waals surface area contributed by atoms with Gasteiger partial charge in [0, 0.05) is 0 Å². The summed E-state index contributed by atoms with van der Waals surface area (Å²) in [6.07, 6.45) is 13.4. The van der Waals surface area contributed by atoms with E-state index in [0.717, 1.165) is 17.8 Å². The fourth-order valence-electron chi connectivity index (χ4n) is 3.20. The molecule has 0 bridgehead atoms. The minimum absolute atomic E-state index is 0.901. The van der Waals surface area contributed by atoms with E-state index < -0.39 is 0 Å². The molecular weight excluding hydrogens is 180 g/mol. The van der Waals surface area contributed by atoms with Gasteiger partial charge in [-0.2, -0.15) is 0 Å². The van der Waals surface area contributed by atoms with Crippen molar-refractivity contribution in [3.8, 4) is 0 Å². The molecule has 0 aromatic heterocycles. The Labute approximate surface area is 96.8 Å². The molecule has 0 saturated heterocycles. The Morgan fingerprint density at radius 3 is 2.13 bits per heavy atom. The first-order chi connectivity index (χ1) is 7.24. The number of rotatable bonds is 6. The summed E-state index contributed by atoms with van der Waals surface area (Å²) in [5.74, 6) is 3.06. The van der Waals surface area contributed by atoms with Crippen LogP contribution < -0.4 is 0 Å². The molecule has 0 aliphatic heterocycles. The molecule has 0 amide bonds. The second kappa shape index (κ2) is 7.30. The summed E-state index contributed by atoms with van der Waals surface area (Å²) in [6.45, 7) is 7.05. The van der Waals surface area contributed by atoms with Gasteiger partial charge in [0.15, 0.2) is 0 Å². The van der Waals surface area contributed by atoms with Crippen molar-refractivity contribution < 1.29 is 0 Å². The van der Waals surface area contributed by atoms with Crippen molar-refractivity contribution in [1.29, 1.82) is 0 Å². The lowest BCUT2D eigenvalue weighted by Crippen LogP contribution is -2.19. The van der Waals surface area contributed by atoms with Gasteiger partial charge in [0.1, 0.15) is 0 Å². The van der Waals surface area contributed by atoms with E-state index in [4.69, 9.17) is 0 Å². The summed E-state index contributed by atoms with van der Waals surface area (Å²) in [4.78, 5) is 0. The summed E-state index contributed by atoms with van der Waals surface area (Å²) in [6, 6.07) is 0. The Hall–Kier alpha value is 0. The Balaban J connectivity index is 2.23. The van der Waals surface area contributed by atoms with Gasteiger partial charge in [0.05, 0.1) is 0 Å². The fraction of sp³-hybridized carbons (Fsp3) is 1.00. The van der Waals surface area contributed by atoms with E-state index in [1.165, 1.54) is 57.8 Å². The van der Waals surface area contributed by atoms with E-state index in [9.17, 15) is 0 Å². The second-order valence-corrected chi connectivity index (χ2v) is 5.92. The third kappa shape index (κ3) is 5.04. The lowest BCUT2D eigenvalue weighted by Gasteiger charge is -2.31. The quantitative estimate of drug-likeness (QED) is 0.549. The third-order valence-electron chi connectivity index (χ3n) is 4.08. The fourth-order valence-corrected chi connectivity index (χ4v) is 3.20. The van der Waals surface area contributed by atoms with Crippen molar-refractivity contribution in [2.45, 2.75) is 78.6 Å². The molecule has 0 radical (unpaired) electrons. The first-order valence-electron chi connectivity index (χ1n) is 7.24. The monoisotopic (exact) mass is 210 g/mol. The molecule has 0 aromatic rings. The van der Waals surface area contributed by atoms with E-state index in [-0.39, 0.29) is 0 Å². The molecule has 90 valence electrons. The van der Waals surface area contributed by atoms with Gasteiger partial charge < -0.3 is 0 Å². The maximum absolute atomic E-state index is 2.35. The van der Waals surface area contributed by atoms with Crippen LogP contribution in [0.2, 0.25) is 0 Å². The van der Waals surface area contributed by atoms with Gasteiger partial charge in [-0.3, -0.25) is 0 Å². The van der Waals surface area contributed by atoms with Gasteiger partial charge in [-0.05, 0) is 17.8 Å². The minimum atomic E-state index is 0.901. The molecule has 1 aliphatic rings. The van der Waals surface area contributed by atoms with Crippen LogP contribution in [-0.4, -0.2) is 0 Å². The Bertz CT molecular complexity index is 146.